The Morgan fingerprint density at radius 1 is 1.04 bits per heavy atom. The number of carbonyl (C=O) groups is 4. The zero-order valence-corrected chi connectivity index (χ0v) is 15.4. The summed E-state index contributed by atoms with van der Waals surface area (Å²) in [4.78, 5) is 52.3. The van der Waals surface area contributed by atoms with Gasteiger partial charge in [0.2, 0.25) is 11.8 Å². The molecule has 7 heteroatoms. The van der Waals surface area contributed by atoms with Crippen molar-refractivity contribution in [2.75, 3.05) is 13.1 Å². The van der Waals surface area contributed by atoms with Gasteiger partial charge in [0.25, 0.3) is 11.8 Å². The van der Waals surface area contributed by atoms with Gasteiger partial charge in [-0.15, -0.1) is 12.3 Å². The number of likely N-dealkylation sites (tertiary alicyclic amines) is 1. The van der Waals surface area contributed by atoms with Gasteiger partial charge in [0.1, 0.15) is 6.04 Å². The number of imide groups is 2. The maximum Gasteiger partial charge on any atom is 0.262 e. The smallest absolute Gasteiger partial charge is 0.262 e. The summed E-state index contributed by atoms with van der Waals surface area (Å²) >= 11 is 0. The molecule has 3 aliphatic heterocycles. The molecular formula is C21H21N3O4. The summed E-state index contributed by atoms with van der Waals surface area (Å²) in [5.41, 5.74) is 1.58. The number of amides is 4. The Morgan fingerprint density at radius 2 is 1.75 bits per heavy atom. The first-order valence-electron chi connectivity index (χ1n) is 9.51. The molecule has 4 rings (SSSR count). The minimum absolute atomic E-state index is 0.114. The van der Waals surface area contributed by atoms with Gasteiger partial charge in [0, 0.05) is 18.9 Å². The standard InChI is InChI=1S/C21H21N3O4/c1-2-13-7-9-23(10-8-13)12-14-3-4-15-16(11-14)21(28)24(20(15)27)17-5-6-18(25)22-19(17)26/h1,3-4,11,13,17H,5-10,12H2,(H,22,25,26). The van der Waals surface area contributed by atoms with Crippen LogP contribution in [0.25, 0.3) is 0 Å². The molecule has 0 radical (unpaired) electrons. The van der Waals surface area contributed by atoms with Crippen molar-refractivity contribution in [3.05, 3.63) is 34.9 Å². The van der Waals surface area contributed by atoms with Crippen LogP contribution in [-0.2, 0) is 16.1 Å². The Hall–Kier alpha value is -2.98. The highest BCUT2D eigenvalue weighted by Gasteiger charge is 2.44. The number of hydrogen-bond donors (Lipinski definition) is 1. The molecule has 0 aromatic heterocycles. The first kappa shape index (κ1) is 18.4. The van der Waals surface area contributed by atoms with E-state index in [4.69, 9.17) is 6.42 Å². The number of nitrogens with zero attached hydrogens (tertiary/aromatic N) is 2. The third-order valence-corrected chi connectivity index (χ3v) is 5.73. The molecule has 4 amide bonds. The molecule has 0 spiro atoms. The van der Waals surface area contributed by atoms with Gasteiger partial charge in [-0.3, -0.25) is 34.3 Å². The van der Waals surface area contributed by atoms with Crippen molar-refractivity contribution in [1.29, 1.82) is 0 Å². The largest absolute Gasteiger partial charge is 0.299 e. The summed E-state index contributed by atoms with van der Waals surface area (Å²) in [6.45, 7) is 2.49. The van der Waals surface area contributed by atoms with E-state index >= 15 is 0 Å². The molecule has 1 unspecified atom stereocenters. The maximum absolute atomic E-state index is 12.9. The van der Waals surface area contributed by atoms with Crippen LogP contribution >= 0.6 is 0 Å². The average Bonchev–Trinajstić information content (AvgIpc) is 2.93. The molecule has 0 saturated carbocycles. The topological polar surface area (TPSA) is 86.8 Å². The van der Waals surface area contributed by atoms with E-state index in [0.29, 0.717) is 23.6 Å². The number of rotatable bonds is 3. The van der Waals surface area contributed by atoms with Gasteiger partial charge in [0.05, 0.1) is 11.1 Å². The van der Waals surface area contributed by atoms with Gasteiger partial charge in [-0.1, -0.05) is 6.07 Å². The lowest BCUT2D eigenvalue weighted by Crippen LogP contribution is -2.54. The summed E-state index contributed by atoms with van der Waals surface area (Å²) in [6.07, 6.45) is 7.69. The normalized spacial score (nSPS) is 23.5. The van der Waals surface area contributed by atoms with Crippen molar-refractivity contribution in [3.63, 3.8) is 0 Å². The van der Waals surface area contributed by atoms with Crippen LogP contribution in [0.2, 0.25) is 0 Å². The van der Waals surface area contributed by atoms with Gasteiger partial charge >= 0.3 is 0 Å². The van der Waals surface area contributed by atoms with E-state index in [0.717, 1.165) is 36.4 Å². The average molecular weight is 379 g/mol. The van der Waals surface area contributed by atoms with Gasteiger partial charge in [-0.05, 0) is 50.0 Å². The van der Waals surface area contributed by atoms with E-state index in [1.165, 1.54) is 0 Å². The highest BCUT2D eigenvalue weighted by molar-refractivity contribution is 6.23. The Labute approximate surface area is 163 Å². The molecule has 1 atom stereocenters. The zero-order valence-electron chi connectivity index (χ0n) is 15.4. The third-order valence-electron chi connectivity index (χ3n) is 5.73. The first-order chi connectivity index (χ1) is 13.5. The molecule has 144 valence electrons. The molecule has 3 heterocycles. The van der Waals surface area contributed by atoms with Crippen molar-refractivity contribution >= 4 is 23.6 Å². The molecule has 0 bridgehead atoms. The minimum atomic E-state index is -0.934. The molecule has 2 fully saturated rings. The van der Waals surface area contributed by atoms with Crippen molar-refractivity contribution in [2.45, 2.75) is 38.3 Å². The number of terminal acetylenes is 1. The molecule has 1 aromatic rings. The SMILES string of the molecule is C#CC1CCN(Cc2ccc3c(c2)C(=O)N(C2CCC(=O)NC2=O)C3=O)CC1. The summed E-state index contributed by atoms with van der Waals surface area (Å²) in [7, 11) is 0. The maximum atomic E-state index is 12.9. The molecule has 1 aromatic carbocycles. The second kappa shape index (κ2) is 7.21. The lowest BCUT2D eigenvalue weighted by atomic mass is 9.97. The van der Waals surface area contributed by atoms with Gasteiger partial charge < -0.3 is 0 Å². The molecule has 28 heavy (non-hydrogen) atoms. The highest BCUT2D eigenvalue weighted by atomic mass is 16.2. The van der Waals surface area contributed by atoms with Crippen LogP contribution < -0.4 is 5.32 Å². The van der Waals surface area contributed by atoms with Gasteiger partial charge in [0.15, 0.2) is 0 Å². The fourth-order valence-electron chi connectivity index (χ4n) is 4.13. The Morgan fingerprint density at radius 3 is 2.43 bits per heavy atom. The molecule has 0 aliphatic carbocycles. The fraction of sp³-hybridized carbons (Fsp3) is 0.429. The number of nitrogens with one attached hydrogen (secondary N) is 1. The van der Waals surface area contributed by atoms with Crippen LogP contribution in [0.15, 0.2) is 18.2 Å². The van der Waals surface area contributed by atoms with E-state index in [-0.39, 0.29) is 18.7 Å². The molecule has 3 aliphatic rings. The number of piperidine rings is 2. The van der Waals surface area contributed by atoms with Crippen LogP contribution in [0.5, 0.6) is 0 Å². The van der Waals surface area contributed by atoms with Crippen molar-refractivity contribution in [3.8, 4) is 12.3 Å². The van der Waals surface area contributed by atoms with Crippen LogP contribution in [0.3, 0.4) is 0 Å². The van der Waals surface area contributed by atoms with E-state index in [9.17, 15) is 19.2 Å². The second-order valence-electron chi connectivity index (χ2n) is 7.54. The molecule has 1 N–H and O–H groups in total. The molecule has 2 saturated heterocycles. The summed E-state index contributed by atoms with van der Waals surface area (Å²) in [5.74, 6) is 1.22. The predicted octanol–water partition coefficient (Wildman–Crippen LogP) is 0.933. The lowest BCUT2D eigenvalue weighted by Gasteiger charge is -2.29. The molecule has 7 nitrogen and oxygen atoms in total. The highest BCUT2D eigenvalue weighted by Crippen LogP contribution is 2.29. The first-order valence-corrected chi connectivity index (χ1v) is 9.51. The lowest BCUT2D eigenvalue weighted by molar-refractivity contribution is -0.136. The van der Waals surface area contributed by atoms with E-state index in [1.807, 2.05) is 6.07 Å². The Kier molecular flexibility index (Phi) is 4.73. The van der Waals surface area contributed by atoms with Crippen molar-refractivity contribution in [1.82, 2.24) is 15.1 Å². The summed E-state index contributed by atoms with van der Waals surface area (Å²) < 4.78 is 0. The molecular weight excluding hydrogens is 358 g/mol. The fourth-order valence-corrected chi connectivity index (χ4v) is 4.13. The number of benzene rings is 1. The summed E-state index contributed by atoms with van der Waals surface area (Å²) in [5, 5.41) is 2.20. The number of hydrogen-bond acceptors (Lipinski definition) is 5. The van der Waals surface area contributed by atoms with Crippen molar-refractivity contribution in [2.24, 2.45) is 5.92 Å². The van der Waals surface area contributed by atoms with Crippen LogP contribution in [-0.4, -0.2) is 52.6 Å². The van der Waals surface area contributed by atoms with Gasteiger partial charge in [-0.2, -0.15) is 0 Å². The van der Waals surface area contributed by atoms with Crippen LogP contribution in [0, 0.1) is 18.3 Å². The number of fused-ring (bicyclic) bond motifs is 1. The monoisotopic (exact) mass is 379 g/mol. The van der Waals surface area contributed by atoms with E-state index < -0.39 is 23.8 Å². The van der Waals surface area contributed by atoms with E-state index in [1.54, 1.807) is 12.1 Å². The Bertz CT molecular complexity index is 909. The second-order valence-corrected chi connectivity index (χ2v) is 7.54. The predicted molar refractivity (Wildman–Crippen MR) is 99.9 cm³/mol. The van der Waals surface area contributed by atoms with Crippen LogP contribution in [0.1, 0.15) is 52.0 Å². The Balaban J connectivity index is 1.51. The zero-order chi connectivity index (χ0) is 19.8. The third kappa shape index (κ3) is 3.20. The quantitative estimate of drug-likeness (QED) is 0.624. The van der Waals surface area contributed by atoms with Gasteiger partial charge in [-0.25, -0.2) is 0 Å². The van der Waals surface area contributed by atoms with E-state index in [2.05, 4.69) is 16.1 Å². The van der Waals surface area contributed by atoms with Crippen molar-refractivity contribution < 1.29 is 19.2 Å². The number of carbonyl (C=O) groups excluding carboxylic acids is 4. The summed E-state index contributed by atoms with van der Waals surface area (Å²) in [6, 6.07) is 4.32. The van der Waals surface area contributed by atoms with Crippen LogP contribution in [0.4, 0.5) is 0 Å². The minimum Gasteiger partial charge on any atom is -0.299 e.